The van der Waals surface area contributed by atoms with Gasteiger partial charge in [-0.2, -0.15) is 18.2 Å². The van der Waals surface area contributed by atoms with Gasteiger partial charge in [0.1, 0.15) is 25.1 Å². The molecule has 1 atom stereocenters. The number of aromatic nitrogens is 3. The fraction of sp³-hybridized carbons (Fsp3) is 0.429. The zero-order valence-corrected chi connectivity index (χ0v) is 19.2. The lowest BCUT2D eigenvalue weighted by Crippen LogP contribution is -2.24. The molecule has 2 aromatic heterocycles. The topological polar surface area (TPSA) is 135 Å². The number of aliphatic imine (C=N–C) groups is 3. The maximum absolute atomic E-state index is 12.9. The number of pyridine rings is 1. The van der Waals surface area contributed by atoms with Crippen LogP contribution in [0.4, 0.5) is 24.9 Å². The van der Waals surface area contributed by atoms with E-state index in [2.05, 4.69) is 40.6 Å². The summed E-state index contributed by atoms with van der Waals surface area (Å²) in [6.07, 6.45) is 1.37. The monoisotopic (exact) mass is 479 g/mol. The van der Waals surface area contributed by atoms with E-state index >= 15 is 0 Å². The van der Waals surface area contributed by atoms with Crippen molar-refractivity contribution >= 4 is 47.3 Å². The standard InChI is InChI=1S/C21H28F3N9O/c1-4-15(9-27-13-34-5-2)16-6-7-17-18(31-16)19(29-10-21(22,23)24)33-20(32-17)30-14(3)8-26-12-28-11-25/h4,6-7,9,11-12,14H,5,8,10,13H2,1-3H3,(H2,25,26,28)(H2,29,30,32,33). The first kappa shape index (κ1) is 26.6. The van der Waals surface area contributed by atoms with Crippen molar-refractivity contribution in [2.24, 2.45) is 20.7 Å². The molecule has 2 aromatic rings. The van der Waals surface area contributed by atoms with Crippen LogP contribution in [0.1, 0.15) is 26.5 Å². The van der Waals surface area contributed by atoms with Crippen LogP contribution >= 0.6 is 0 Å². The molecular formula is C21H28F3N9O. The Morgan fingerprint density at radius 1 is 1.24 bits per heavy atom. The first-order chi connectivity index (χ1) is 16.3. The summed E-state index contributed by atoms with van der Waals surface area (Å²) in [5, 5.41) is 5.35. The number of ether oxygens (including phenoxy) is 1. The molecule has 10 nitrogen and oxygen atoms in total. The minimum atomic E-state index is -4.44. The maximum Gasteiger partial charge on any atom is 0.405 e. The molecular weight excluding hydrogens is 451 g/mol. The molecule has 0 aliphatic carbocycles. The van der Waals surface area contributed by atoms with Crippen molar-refractivity contribution < 1.29 is 17.9 Å². The van der Waals surface area contributed by atoms with E-state index < -0.39 is 12.7 Å². The third-order valence-corrected chi connectivity index (χ3v) is 4.19. The Morgan fingerprint density at radius 3 is 2.71 bits per heavy atom. The van der Waals surface area contributed by atoms with Gasteiger partial charge >= 0.3 is 6.18 Å². The summed E-state index contributed by atoms with van der Waals surface area (Å²) in [7, 11) is 0. The summed E-state index contributed by atoms with van der Waals surface area (Å²) in [6, 6.07) is 3.16. The number of fused-ring (bicyclic) bond motifs is 1. The van der Waals surface area contributed by atoms with E-state index in [0.717, 1.165) is 6.34 Å². The van der Waals surface area contributed by atoms with Crippen LogP contribution < -0.4 is 16.4 Å². The molecule has 0 spiro atoms. The van der Waals surface area contributed by atoms with Gasteiger partial charge in [0.2, 0.25) is 5.95 Å². The van der Waals surface area contributed by atoms with Crippen LogP contribution in [0.3, 0.4) is 0 Å². The van der Waals surface area contributed by atoms with Crippen molar-refractivity contribution in [3.05, 3.63) is 23.9 Å². The molecule has 0 amide bonds. The number of halogens is 3. The van der Waals surface area contributed by atoms with Gasteiger partial charge in [0.15, 0.2) is 5.82 Å². The molecule has 0 saturated carbocycles. The third kappa shape index (κ3) is 8.73. The predicted octanol–water partition coefficient (Wildman–Crippen LogP) is 3.28. The molecule has 184 valence electrons. The molecule has 0 aromatic carbocycles. The van der Waals surface area contributed by atoms with Crippen LogP contribution in [0, 0.1) is 0 Å². The summed E-state index contributed by atoms with van der Waals surface area (Å²) >= 11 is 0. The van der Waals surface area contributed by atoms with E-state index in [0.29, 0.717) is 29.9 Å². The predicted molar refractivity (Wildman–Crippen MR) is 130 cm³/mol. The molecule has 13 heteroatoms. The quantitative estimate of drug-likeness (QED) is 0.241. The number of alkyl halides is 3. The average molecular weight is 480 g/mol. The highest BCUT2D eigenvalue weighted by Gasteiger charge is 2.27. The van der Waals surface area contributed by atoms with E-state index in [4.69, 9.17) is 10.5 Å². The molecule has 1 unspecified atom stereocenters. The smallest absolute Gasteiger partial charge is 0.390 e. The lowest BCUT2D eigenvalue weighted by atomic mass is 10.1. The Hall–Kier alpha value is -3.61. The molecule has 0 aliphatic rings. The van der Waals surface area contributed by atoms with Gasteiger partial charge in [-0.15, -0.1) is 0 Å². The maximum atomic E-state index is 12.9. The van der Waals surface area contributed by atoms with Gasteiger partial charge < -0.3 is 21.1 Å². The van der Waals surface area contributed by atoms with Crippen molar-refractivity contribution in [1.29, 1.82) is 0 Å². The molecule has 0 aliphatic heterocycles. The SMILES string of the molecule is CC=C(C=NCOCC)c1ccc2nc(NC(C)CN=CN=CN)nc(NCC(F)(F)F)c2n1. The van der Waals surface area contributed by atoms with Crippen LogP contribution in [0.5, 0.6) is 0 Å². The highest BCUT2D eigenvalue weighted by molar-refractivity contribution is 6.09. The van der Waals surface area contributed by atoms with Crippen molar-refractivity contribution in [3.8, 4) is 0 Å². The van der Waals surface area contributed by atoms with Crippen LogP contribution in [-0.2, 0) is 4.74 Å². The number of hydrogen-bond acceptors (Lipinski definition) is 8. The van der Waals surface area contributed by atoms with Crippen LogP contribution in [0.2, 0.25) is 0 Å². The van der Waals surface area contributed by atoms with Crippen LogP contribution in [0.25, 0.3) is 16.6 Å². The van der Waals surface area contributed by atoms with E-state index in [-0.39, 0.29) is 30.1 Å². The van der Waals surface area contributed by atoms with Crippen LogP contribution in [0.15, 0.2) is 33.2 Å². The first-order valence-electron chi connectivity index (χ1n) is 10.5. The van der Waals surface area contributed by atoms with Gasteiger partial charge in [-0.3, -0.25) is 9.98 Å². The molecule has 2 heterocycles. The number of nitrogens with zero attached hydrogens (tertiary/aromatic N) is 6. The third-order valence-electron chi connectivity index (χ3n) is 4.19. The van der Waals surface area contributed by atoms with Gasteiger partial charge in [-0.1, -0.05) is 6.08 Å². The molecule has 4 N–H and O–H groups in total. The molecule has 0 radical (unpaired) electrons. The van der Waals surface area contributed by atoms with Gasteiger partial charge in [0, 0.05) is 24.4 Å². The Labute approximate surface area is 195 Å². The lowest BCUT2D eigenvalue weighted by molar-refractivity contribution is -0.115. The van der Waals surface area contributed by atoms with Gasteiger partial charge in [0.05, 0.1) is 24.1 Å². The zero-order chi connectivity index (χ0) is 25.0. The Bertz CT molecular complexity index is 1050. The van der Waals surface area contributed by atoms with Gasteiger partial charge in [-0.05, 0) is 32.9 Å². The highest BCUT2D eigenvalue weighted by Crippen LogP contribution is 2.25. The fourth-order valence-electron chi connectivity index (χ4n) is 2.67. The first-order valence-corrected chi connectivity index (χ1v) is 10.5. The Kier molecular flexibility index (Phi) is 10.3. The van der Waals surface area contributed by atoms with E-state index in [9.17, 15) is 13.2 Å². The molecule has 0 saturated heterocycles. The summed E-state index contributed by atoms with van der Waals surface area (Å²) in [6.45, 7) is 5.27. The molecule has 34 heavy (non-hydrogen) atoms. The second-order valence-electron chi connectivity index (χ2n) is 6.93. The summed E-state index contributed by atoms with van der Waals surface area (Å²) in [4.78, 5) is 25.0. The average Bonchev–Trinajstić information content (AvgIpc) is 2.80. The van der Waals surface area contributed by atoms with E-state index in [1.807, 2.05) is 20.8 Å². The minimum Gasteiger partial charge on any atom is -0.390 e. The lowest BCUT2D eigenvalue weighted by Gasteiger charge is -2.15. The normalized spacial score (nSPS) is 14.0. The number of hydrogen-bond donors (Lipinski definition) is 3. The minimum absolute atomic E-state index is 0.0446. The number of rotatable bonds is 12. The zero-order valence-electron chi connectivity index (χ0n) is 19.2. The van der Waals surface area contributed by atoms with Crippen LogP contribution in [-0.4, -0.2) is 72.5 Å². The largest absolute Gasteiger partial charge is 0.405 e. The van der Waals surface area contributed by atoms with E-state index in [1.54, 1.807) is 24.4 Å². The second kappa shape index (κ2) is 13.2. The number of nitrogens with one attached hydrogen (secondary N) is 2. The van der Waals surface area contributed by atoms with Crippen molar-refractivity contribution in [2.75, 3.05) is 37.1 Å². The number of allylic oxidation sites excluding steroid dienone is 2. The summed E-state index contributed by atoms with van der Waals surface area (Å²) in [5.74, 6) is 0.0955. The Morgan fingerprint density at radius 2 is 2.03 bits per heavy atom. The molecule has 2 rings (SSSR count). The summed E-state index contributed by atoms with van der Waals surface area (Å²) < 4.78 is 43.9. The van der Waals surface area contributed by atoms with E-state index in [1.165, 1.54) is 6.34 Å². The highest BCUT2D eigenvalue weighted by atomic mass is 19.4. The summed E-state index contributed by atoms with van der Waals surface area (Å²) in [5.41, 5.74) is 6.91. The van der Waals surface area contributed by atoms with Crippen molar-refractivity contribution in [1.82, 2.24) is 15.0 Å². The van der Waals surface area contributed by atoms with Gasteiger partial charge in [0.25, 0.3) is 0 Å². The number of anilines is 2. The van der Waals surface area contributed by atoms with Gasteiger partial charge in [-0.25, -0.2) is 15.0 Å². The van der Waals surface area contributed by atoms with Crippen molar-refractivity contribution in [2.45, 2.75) is 33.0 Å². The Balaban J connectivity index is 2.38. The second-order valence-corrected chi connectivity index (χ2v) is 6.93. The molecule has 0 bridgehead atoms. The van der Waals surface area contributed by atoms with Crippen molar-refractivity contribution in [3.63, 3.8) is 0 Å². The fourth-order valence-corrected chi connectivity index (χ4v) is 2.67. The molecule has 0 fully saturated rings. The number of nitrogens with two attached hydrogens (primary N) is 1.